The number of carbonyl (C=O) groups is 2. The molecule has 6 nitrogen and oxygen atoms in total. The van der Waals surface area contributed by atoms with E-state index in [0.717, 1.165) is 16.3 Å². The van der Waals surface area contributed by atoms with Gasteiger partial charge in [0, 0.05) is 22.8 Å². The van der Waals surface area contributed by atoms with Crippen LogP contribution in [-0.4, -0.2) is 28.5 Å². The number of aromatic nitrogens is 2. The lowest BCUT2D eigenvalue weighted by Crippen LogP contribution is -2.21. The van der Waals surface area contributed by atoms with Crippen LogP contribution in [0.4, 0.5) is 5.69 Å². The number of carbonyl (C=O) groups excluding carboxylic acids is 2. The first-order valence-corrected chi connectivity index (χ1v) is 8.60. The molecule has 2 heterocycles. The minimum absolute atomic E-state index is 0.193. The fraction of sp³-hybridized carbons (Fsp3) is 0.118. The second kappa shape index (κ2) is 7.50. The molecule has 2 aromatic heterocycles. The minimum atomic E-state index is -0.645. The first kappa shape index (κ1) is 17.2. The Bertz CT molecular complexity index is 919. The number of rotatable bonds is 5. The van der Waals surface area contributed by atoms with Crippen molar-refractivity contribution >= 4 is 40.5 Å². The summed E-state index contributed by atoms with van der Waals surface area (Å²) in [6, 6.07) is 8.75. The average Bonchev–Trinajstić information content (AvgIpc) is 3.21. The third-order valence-corrected chi connectivity index (χ3v) is 4.25. The Morgan fingerprint density at radius 2 is 2.20 bits per heavy atom. The van der Waals surface area contributed by atoms with Crippen molar-refractivity contribution in [3.05, 3.63) is 57.6 Å². The highest BCUT2D eigenvalue weighted by atomic mass is 35.5. The van der Waals surface area contributed by atoms with E-state index in [9.17, 15) is 9.59 Å². The molecule has 0 saturated carbocycles. The highest BCUT2D eigenvalue weighted by Crippen LogP contribution is 2.24. The molecular weight excluding hydrogens is 362 g/mol. The van der Waals surface area contributed by atoms with Crippen LogP contribution in [0, 0.1) is 6.92 Å². The van der Waals surface area contributed by atoms with E-state index in [1.807, 2.05) is 30.5 Å². The lowest BCUT2D eigenvalue weighted by atomic mass is 10.1. The number of nitrogens with one attached hydrogen (secondary N) is 2. The molecule has 0 spiro atoms. The maximum absolute atomic E-state index is 12.0. The fourth-order valence-corrected chi connectivity index (χ4v) is 2.93. The number of amides is 1. The molecule has 3 rings (SSSR count). The van der Waals surface area contributed by atoms with Gasteiger partial charge in [0.2, 0.25) is 0 Å². The van der Waals surface area contributed by atoms with E-state index < -0.39 is 18.5 Å². The van der Waals surface area contributed by atoms with Crippen molar-refractivity contribution in [2.45, 2.75) is 6.92 Å². The molecule has 0 atom stereocenters. The second-order valence-electron chi connectivity index (χ2n) is 5.19. The highest BCUT2D eigenvalue weighted by molar-refractivity contribution is 7.09. The molecular formula is C17H14ClN3O3S. The number of anilines is 1. The van der Waals surface area contributed by atoms with Gasteiger partial charge in [-0.2, -0.15) is 0 Å². The first-order valence-electron chi connectivity index (χ1n) is 7.35. The Labute approximate surface area is 152 Å². The second-order valence-corrected chi connectivity index (χ2v) is 6.69. The maximum atomic E-state index is 12.0. The van der Waals surface area contributed by atoms with Crippen molar-refractivity contribution in [2.24, 2.45) is 0 Å². The number of nitrogens with zero attached hydrogens (tertiary/aromatic N) is 1. The SMILES string of the molecule is Cc1nc(-c2cccc(NC(=O)COC(=O)c3cc(Cl)c[nH]3)c2)cs1. The summed E-state index contributed by atoms with van der Waals surface area (Å²) < 4.78 is 4.94. The first-order chi connectivity index (χ1) is 12.0. The van der Waals surface area contributed by atoms with E-state index >= 15 is 0 Å². The van der Waals surface area contributed by atoms with Gasteiger partial charge in [0.15, 0.2) is 6.61 Å². The number of halogens is 1. The normalized spacial score (nSPS) is 10.5. The van der Waals surface area contributed by atoms with Crippen LogP contribution in [0.2, 0.25) is 5.02 Å². The summed E-state index contributed by atoms with van der Waals surface area (Å²) in [7, 11) is 0. The number of aromatic amines is 1. The highest BCUT2D eigenvalue weighted by Gasteiger charge is 2.12. The number of hydrogen-bond donors (Lipinski definition) is 2. The predicted molar refractivity (Wildman–Crippen MR) is 97.0 cm³/mol. The fourth-order valence-electron chi connectivity index (χ4n) is 2.14. The molecule has 1 aromatic carbocycles. The standard InChI is InChI=1S/C17H14ClN3O3S/c1-10-20-15(9-25-10)11-3-2-4-13(5-11)21-16(22)8-24-17(23)14-6-12(18)7-19-14/h2-7,9,19H,8H2,1H3,(H,21,22). The van der Waals surface area contributed by atoms with E-state index in [2.05, 4.69) is 15.3 Å². The largest absolute Gasteiger partial charge is 0.451 e. The van der Waals surface area contributed by atoms with Crippen LogP contribution < -0.4 is 5.32 Å². The van der Waals surface area contributed by atoms with Gasteiger partial charge < -0.3 is 15.0 Å². The zero-order chi connectivity index (χ0) is 17.8. The van der Waals surface area contributed by atoms with Crippen molar-refractivity contribution < 1.29 is 14.3 Å². The van der Waals surface area contributed by atoms with Gasteiger partial charge in [-0.15, -0.1) is 11.3 Å². The van der Waals surface area contributed by atoms with Crippen LogP contribution in [-0.2, 0) is 9.53 Å². The average molecular weight is 376 g/mol. The lowest BCUT2D eigenvalue weighted by molar-refractivity contribution is -0.119. The Morgan fingerprint density at radius 3 is 2.88 bits per heavy atom. The Kier molecular flexibility index (Phi) is 5.16. The van der Waals surface area contributed by atoms with Crippen molar-refractivity contribution in [2.75, 3.05) is 11.9 Å². The summed E-state index contributed by atoms with van der Waals surface area (Å²) in [6.45, 7) is 1.54. The zero-order valence-corrected chi connectivity index (χ0v) is 14.8. The van der Waals surface area contributed by atoms with Gasteiger partial charge in [0.05, 0.1) is 15.7 Å². The molecule has 0 bridgehead atoms. The van der Waals surface area contributed by atoms with Gasteiger partial charge in [-0.3, -0.25) is 4.79 Å². The third kappa shape index (κ3) is 4.46. The van der Waals surface area contributed by atoms with E-state index in [1.165, 1.54) is 12.3 Å². The topological polar surface area (TPSA) is 84.1 Å². The summed E-state index contributed by atoms with van der Waals surface area (Å²) in [6.07, 6.45) is 1.46. The summed E-state index contributed by atoms with van der Waals surface area (Å²) in [4.78, 5) is 30.8. The smallest absolute Gasteiger partial charge is 0.355 e. The van der Waals surface area contributed by atoms with E-state index in [1.54, 1.807) is 17.4 Å². The minimum Gasteiger partial charge on any atom is -0.451 e. The third-order valence-electron chi connectivity index (χ3n) is 3.26. The number of aryl methyl sites for hydroxylation is 1. The van der Waals surface area contributed by atoms with E-state index in [4.69, 9.17) is 16.3 Å². The van der Waals surface area contributed by atoms with Gasteiger partial charge in [0.1, 0.15) is 5.69 Å². The monoisotopic (exact) mass is 375 g/mol. The van der Waals surface area contributed by atoms with E-state index in [0.29, 0.717) is 10.7 Å². The molecule has 0 fully saturated rings. The summed E-state index contributed by atoms with van der Waals surface area (Å²) in [5, 5.41) is 6.02. The molecule has 0 unspecified atom stereocenters. The Balaban J connectivity index is 1.58. The molecule has 25 heavy (non-hydrogen) atoms. The molecule has 0 radical (unpaired) electrons. The summed E-state index contributed by atoms with van der Waals surface area (Å²) in [5.74, 6) is -1.08. The van der Waals surface area contributed by atoms with Crippen LogP contribution in [0.5, 0.6) is 0 Å². The molecule has 3 aromatic rings. The van der Waals surface area contributed by atoms with Gasteiger partial charge in [-0.1, -0.05) is 23.7 Å². The Morgan fingerprint density at radius 1 is 1.36 bits per heavy atom. The molecule has 128 valence electrons. The quantitative estimate of drug-likeness (QED) is 0.662. The summed E-state index contributed by atoms with van der Waals surface area (Å²) >= 11 is 7.28. The number of benzene rings is 1. The molecule has 8 heteroatoms. The van der Waals surface area contributed by atoms with Crippen molar-refractivity contribution in [1.82, 2.24) is 9.97 Å². The van der Waals surface area contributed by atoms with Gasteiger partial charge in [-0.25, -0.2) is 9.78 Å². The maximum Gasteiger partial charge on any atom is 0.355 e. The van der Waals surface area contributed by atoms with Crippen molar-refractivity contribution in [1.29, 1.82) is 0 Å². The molecule has 0 aliphatic carbocycles. The number of ether oxygens (including phenoxy) is 1. The number of H-pyrrole nitrogens is 1. The predicted octanol–water partition coefficient (Wildman–Crippen LogP) is 3.90. The molecule has 0 aliphatic heterocycles. The van der Waals surface area contributed by atoms with Crippen LogP contribution in [0.25, 0.3) is 11.3 Å². The van der Waals surface area contributed by atoms with Crippen LogP contribution in [0.15, 0.2) is 41.9 Å². The lowest BCUT2D eigenvalue weighted by Gasteiger charge is -2.07. The van der Waals surface area contributed by atoms with Crippen molar-refractivity contribution in [3.8, 4) is 11.3 Å². The molecule has 0 aliphatic rings. The van der Waals surface area contributed by atoms with Crippen LogP contribution in [0.1, 0.15) is 15.5 Å². The number of thiazole rings is 1. The zero-order valence-electron chi connectivity index (χ0n) is 13.2. The van der Waals surface area contributed by atoms with Crippen LogP contribution in [0.3, 0.4) is 0 Å². The van der Waals surface area contributed by atoms with Gasteiger partial charge >= 0.3 is 5.97 Å². The van der Waals surface area contributed by atoms with Gasteiger partial charge in [-0.05, 0) is 25.1 Å². The van der Waals surface area contributed by atoms with Gasteiger partial charge in [0.25, 0.3) is 5.91 Å². The van der Waals surface area contributed by atoms with Crippen LogP contribution >= 0.6 is 22.9 Å². The summed E-state index contributed by atoms with van der Waals surface area (Å²) in [5.41, 5.74) is 2.56. The molecule has 2 N–H and O–H groups in total. The van der Waals surface area contributed by atoms with Crippen molar-refractivity contribution in [3.63, 3.8) is 0 Å². The number of esters is 1. The molecule has 0 saturated heterocycles. The van der Waals surface area contributed by atoms with E-state index in [-0.39, 0.29) is 5.69 Å². The number of hydrogen-bond acceptors (Lipinski definition) is 5. The Hall–Kier alpha value is -2.64. The molecule has 1 amide bonds.